The van der Waals surface area contributed by atoms with Crippen LogP contribution < -0.4 is 15.5 Å². The molecule has 3 unspecified atom stereocenters. The number of pyridine rings is 1. The molecule has 3 aliphatic rings. The molecule has 2 bridgehead atoms. The number of benzene rings is 1. The number of ether oxygens (including phenoxy) is 1. The molecule has 2 aliphatic carbocycles. The van der Waals surface area contributed by atoms with Gasteiger partial charge in [-0.05, 0) is 54.5 Å². The van der Waals surface area contributed by atoms with Crippen molar-refractivity contribution < 1.29 is 14.4 Å². The van der Waals surface area contributed by atoms with Crippen LogP contribution in [0.5, 0.6) is 5.75 Å². The molecule has 2 fully saturated rings. The summed E-state index contributed by atoms with van der Waals surface area (Å²) in [5.41, 5.74) is 5.33. The first-order valence-corrected chi connectivity index (χ1v) is 9.23. The van der Waals surface area contributed by atoms with Crippen LogP contribution >= 0.6 is 0 Å². The van der Waals surface area contributed by atoms with Crippen molar-refractivity contribution in [2.24, 2.45) is 11.3 Å². The standard InChI is InChI=1S/C21H21N3O3/c1-26-17-6-2-5-16(11-17)23-20(25)21-15-8-7-13(10-15)19(21)27-24-18(21)14-4-3-9-22-12-14/h2-6,9,11-12,15,18,24H,7-8,10H2,1H3,(H,23,25). The van der Waals surface area contributed by atoms with Crippen LogP contribution in [0.1, 0.15) is 30.9 Å². The first-order valence-electron chi connectivity index (χ1n) is 9.23. The highest BCUT2D eigenvalue weighted by atomic mass is 16.7. The predicted molar refractivity (Wildman–Crippen MR) is 99.6 cm³/mol. The number of rotatable bonds is 4. The Bertz CT molecular complexity index is 927. The number of methoxy groups -OCH3 is 1. The van der Waals surface area contributed by atoms with Crippen molar-refractivity contribution in [3.05, 3.63) is 65.7 Å². The summed E-state index contributed by atoms with van der Waals surface area (Å²) in [5.74, 6) is 1.71. The number of nitrogens with one attached hydrogen (secondary N) is 2. The molecule has 1 amide bonds. The third-order valence-corrected chi connectivity index (χ3v) is 6.08. The lowest BCUT2D eigenvalue weighted by atomic mass is 9.67. The van der Waals surface area contributed by atoms with Crippen LogP contribution in [0.4, 0.5) is 5.69 Å². The highest BCUT2D eigenvalue weighted by Crippen LogP contribution is 2.64. The van der Waals surface area contributed by atoms with E-state index in [9.17, 15) is 4.79 Å². The van der Waals surface area contributed by atoms with E-state index in [-0.39, 0.29) is 17.9 Å². The van der Waals surface area contributed by atoms with E-state index in [1.807, 2.05) is 36.4 Å². The van der Waals surface area contributed by atoms with Gasteiger partial charge in [0.25, 0.3) is 0 Å². The summed E-state index contributed by atoms with van der Waals surface area (Å²) >= 11 is 0. The Morgan fingerprint density at radius 1 is 1.37 bits per heavy atom. The zero-order valence-corrected chi connectivity index (χ0v) is 15.1. The summed E-state index contributed by atoms with van der Waals surface area (Å²) < 4.78 is 5.28. The summed E-state index contributed by atoms with van der Waals surface area (Å²) in [5, 5.41) is 3.11. The van der Waals surface area contributed by atoms with Gasteiger partial charge in [-0.3, -0.25) is 9.78 Å². The second kappa shape index (κ2) is 6.09. The van der Waals surface area contributed by atoms with E-state index < -0.39 is 5.41 Å². The molecule has 3 atom stereocenters. The van der Waals surface area contributed by atoms with Gasteiger partial charge in [-0.2, -0.15) is 0 Å². The maximum absolute atomic E-state index is 13.7. The van der Waals surface area contributed by atoms with Crippen LogP contribution in [0.2, 0.25) is 0 Å². The van der Waals surface area contributed by atoms with Crippen molar-refractivity contribution in [1.29, 1.82) is 0 Å². The Labute approximate surface area is 157 Å². The van der Waals surface area contributed by atoms with Crippen molar-refractivity contribution in [2.75, 3.05) is 12.4 Å². The number of carbonyl (C=O) groups is 1. The lowest BCUT2D eigenvalue weighted by Crippen LogP contribution is -2.45. The second-order valence-corrected chi connectivity index (χ2v) is 7.37. The molecule has 5 rings (SSSR count). The predicted octanol–water partition coefficient (Wildman–Crippen LogP) is 3.36. The van der Waals surface area contributed by atoms with Gasteiger partial charge in [-0.1, -0.05) is 12.1 Å². The Balaban J connectivity index is 1.56. The molecule has 0 radical (unpaired) electrons. The van der Waals surface area contributed by atoms with Crippen LogP contribution in [0.3, 0.4) is 0 Å². The lowest BCUT2D eigenvalue weighted by molar-refractivity contribution is -0.127. The number of fused-ring (bicyclic) bond motifs is 4. The summed E-state index contributed by atoms with van der Waals surface area (Å²) in [6, 6.07) is 11.1. The van der Waals surface area contributed by atoms with Crippen molar-refractivity contribution >= 4 is 11.6 Å². The molecule has 1 saturated carbocycles. The van der Waals surface area contributed by atoms with Crippen molar-refractivity contribution in [1.82, 2.24) is 10.5 Å². The smallest absolute Gasteiger partial charge is 0.240 e. The fourth-order valence-electron chi connectivity index (χ4n) is 4.89. The zero-order valence-electron chi connectivity index (χ0n) is 15.1. The topological polar surface area (TPSA) is 72.5 Å². The van der Waals surface area contributed by atoms with Gasteiger partial charge in [0.2, 0.25) is 5.91 Å². The average molecular weight is 363 g/mol. The lowest BCUT2D eigenvalue weighted by Gasteiger charge is -2.35. The van der Waals surface area contributed by atoms with Crippen molar-refractivity contribution in [3.8, 4) is 5.75 Å². The van der Waals surface area contributed by atoms with E-state index >= 15 is 0 Å². The monoisotopic (exact) mass is 363 g/mol. The number of aromatic nitrogens is 1. The molecular weight excluding hydrogens is 342 g/mol. The highest BCUT2D eigenvalue weighted by molar-refractivity contribution is 5.99. The third kappa shape index (κ3) is 2.29. The van der Waals surface area contributed by atoms with Gasteiger partial charge in [-0.15, -0.1) is 5.48 Å². The normalized spacial score (nSPS) is 28.0. The van der Waals surface area contributed by atoms with Crippen LogP contribution in [-0.2, 0) is 9.63 Å². The molecule has 1 saturated heterocycles. The average Bonchev–Trinajstić information content (AvgIpc) is 3.41. The highest BCUT2D eigenvalue weighted by Gasteiger charge is 2.66. The number of anilines is 1. The van der Waals surface area contributed by atoms with Crippen molar-refractivity contribution in [2.45, 2.75) is 25.3 Å². The first-order chi connectivity index (χ1) is 13.2. The fourth-order valence-corrected chi connectivity index (χ4v) is 4.89. The number of nitrogens with zero attached hydrogens (tertiary/aromatic N) is 1. The maximum Gasteiger partial charge on any atom is 0.240 e. The van der Waals surface area contributed by atoms with E-state index in [1.54, 1.807) is 19.5 Å². The van der Waals surface area contributed by atoms with E-state index in [1.165, 1.54) is 5.57 Å². The SMILES string of the molecule is COc1cccc(NC(=O)C23C(=C4CCC2C4)ONC3c2cccnc2)c1. The Kier molecular flexibility index (Phi) is 3.68. The van der Waals surface area contributed by atoms with Crippen LogP contribution in [0, 0.1) is 11.3 Å². The quantitative estimate of drug-likeness (QED) is 0.871. The number of carbonyl (C=O) groups excluding carboxylic acids is 1. The Morgan fingerprint density at radius 2 is 2.30 bits per heavy atom. The molecule has 1 aliphatic heterocycles. The van der Waals surface area contributed by atoms with E-state index in [0.29, 0.717) is 5.75 Å². The van der Waals surface area contributed by atoms with E-state index in [0.717, 1.165) is 36.3 Å². The van der Waals surface area contributed by atoms with Gasteiger partial charge >= 0.3 is 0 Å². The fraction of sp³-hybridized carbons (Fsp3) is 0.333. The molecule has 2 aromatic rings. The van der Waals surface area contributed by atoms with Gasteiger partial charge in [-0.25, -0.2) is 0 Å². The molecular formula is C21H21N3O3. The summed E-state index contributed by atoms with van der Waals surface area (Å²) in [4.78, 5) is 23.8. The molecule has 1 aromatic carbocycles. The molecule has 0 spiro atoms. The summed E-state index contributed by atoms with van der Waals surface area (Å²) in [7, 11) is 1.62. The van der Waals surface area contributed by atoms with E-state index in [2.05, 4.69) is 15.8 Å². The number of amides is 1. The van der Waals surface area contributed by atoms with Crippen LogP contribution in [0.15, 0.2) is 60.1 Å². The van der Waals surface area contributed by atoms with Gasteiger partial charge in [0.15, 0.2) is 0 Å². The number of hydroxylamine groups is 1. The second-order valence-electron chi connectivity index (χ2n) is 7.37. The molecule has 1 aromatic heterocycles. The molecule has 6 nitrogen and oxygen atoms in total. The van der Waals surface area contributed by atoms with Crippen molar-refractivity contribution in [3.63, 3.8) is 0 Å². The Morgan fingerprint density at radius 3 is 3.11 bits per heavy atom. The maximum atomic E-state index is 13.7. The molecule has 2 heterocycles. The van der Waals surface area contributed by atoms with Gasteiger partial charge < -0.3 is 14.9 Å². The number of hydrogen-bond acceptors (Lipinski definition) is 5. The van der Waals surface area contributed by atoms with Gasteiger partial charge in [0.05, 0.1) is 13.2 Å². The molecule has 2 N–H and O–H groups in total. The van der Waals surface area contributed by atoms with E-state index in [4.69, 9.17) is 9.57 Å². The Hall–Kier alpha value is -2.86. The minimum Gasteiger partial charge on any atom is -0.497 e. The van der Waals surface area contributed by atoms with Gasteiger partial charge in [0.1, 0.15) is 16.9 Å². The molecule has 6 heteroatoms. The van der Waals surface area contributed by atoms with Crippen LogP contribution in [0.25, 0.3) is 0 Å². The number of hydrogen-bond donors (Lipinski definition) is 2. The third-order valence-electron chi connectivity index (χ3n) is 6.08. The first kappa shape index (κ1) is 16.3. The number of allylic oxidation sites excluding steroid dienone is 1. The molecule has 138 valence electrons. The minimum atomic E-state index is -0.736. The summed E-state index contributed by atoms with van der Waals surface area (Å²) in [6.45, 7) is 0. The van der Waals surface area contributed by atoms with Crippen LogP contribution in [-0.4, -0.2) is 18.0 Å². The minimum absolute atomic E-state index is 0.0377. The summed E-state index contributed by atoms with van der Waals surface area (Å²) in [6.07, 6.45) is 6.49. The largest absolute Gasteiger partial charge is 0.497 e. The van der Waals surface area contributed by atoms with Gasteiger partial charge in [0, 0.05) is 24.1 Å². The zero-order chi connectivity index (χ0) is 18.4. The molecule has 27 heavy (non-hydrogen) atoms.